The molecular weight excluding hydrogens is 258 g/mol. The molecule has 1 heterocycles. The van der Waals surface area contributed by atoms with Crippen molar-refractivity contribution < 1.29 is 19.1 Å². The molecule has 1 aliphatic carbocycles. The summed E-state index contributed by atoms with van der Waals surface area (Å²) in [6, 6.07) is -0.461. The van der Waals surface area contributed by atoms with E-state index < -0.39 is 17.7 Å². The highest BCUT2D eigenvalue weighted by molar-refractivity contribution is 5.82. The molecule has 0 bridgehead atoms. The van der Waals surface area contributed by atoms with Gasteiger partial charge in [0.15, 0.2) is 0 Å². The van der Waals surface area contributed by atoms with Gasteiger partial charge in [-0.15, -0.1) is 0 Å². The third-order valence-corrected chi connectivity index (χ3v) is 4.05. The van der Waals surface area contributed by atoms with Crippen LogP contribution in [0.5, 0.6) is 0 Å². The van der Waals surface area contributed by atoms with Gasteiger partial charge in [-0.05, 0) is 52.4 Å². The van der Waals surface area contributed by atoms with Crippen molar-refractivity contribution in [2.45, 2.75) is 58.6 Å². The zero-order valence-electron chi connectivity index (χ0n) is 12.8. The van der Waals surface area contributed by atoms with Gasteiger partial charge >= 0.3 is 12.1 Å². The quantitative estimate of drug-likeness (QED) is 0.731. The predicted octanol–water partition coefficient (Wildman–Crippen LogP) is 2.59. The number of amides is 1. The predicted molar refractivity (Wildman–Crippen MR) is 74.2 cm³/mol. The molecule has 3 atom stereocenters. The normalized spacial score (nSPS) is 29.2. The number of carbonyl (C=O) groups excluding carboxylic acids is 2. The Labute approximate surface area is 120 Å². The fraction of sp³-hybridized carbons (Fsp3) is 0.867. The minimum absolute atomic E-state index is 0.238. The maximum Gasteiger partial charge on any atom is 0.411 e. The summed E-state index contributed by atoms with van der Waals surface area (Å²) in [6.45, 7) is 8.25. The highest BCUT2D eigenvalue weighted by Gasteiger charge is 2.51. The van der Waals surface area contributed by atoms with E-state index in [9.17, 15) is 9.59 Å². The number of hydrogen-bond donors (Lipinski definition) is 0. The Bertz CT molecular complexity index is 388. The van der Waals surface area contributed by atoms with Gasteiger partial charge < -0.3 is 9.47 Å². The molecule has 0 aromatic carbocycles. The minimum Gasteiger partial charge on any atom is -0.464 e. The van der Waals surface area contributed by atoms with Crippen molar-refractivity contribution in [3.63, 3.8) is 0 Å². The first-order valence-corrected chi connectivity index (χ1v) is 7.49. The SMILES string of the molecule is CCOC(=O)C1C2CCCC2CN1C(=O)OC(C)(C)C. The lowest BCUT2D eigenvalue weighted by Gasteiger charge is -2.29. The van der Waals surface area contributed by atoms with Gasteiger partial charge in [-0.2, -0.15) is 0 Å². The second-order valence-electron chi connectivity index (χ2n) is 6.68. The Morgan fingerprint density at radius 3 is 2.55 bits per heavy atom. The zero-order valence-corrected chi connectivity index (χ0v) is 12.8. The fourth-order valence-corrected chi connectivity index (χ4v) is 3.34. The first kappa shape index (κ1) is 15.1. The summed E-state index contributed by atoms with van der Waals surface area (Å²) < 4.78 is 10.6. The molecule has 5 heteroatoms. The van der Waals surface area contributed by atoms with E-state index in [0.717, 1.165) is 19.3 Å². The summed E-state index contributed by atoms with van der Waals surface area (Å²) in [7, 11) is 0. The van der Waals surface area contributed by atoms with Crippen LogP contribution >= 0.6 is 0 Å². The molecule has 0 spiro atoms. The number of carbonyl (C=O) groups is 2. The zero-order chi connectivity index (χ0) is 14.9. The maximum absolute atomic E-state index is 12.3. The summed E-state index contributed by atoms with van der Waals surface area (Å²) in [5, 5.41) is 0. The van der Waals surface area contributed by atoms with Gasteiger partial charge in [0.05, 0.1) is 6.61 Å². The van der Waals surface area contributed by atoms with Crippen LogP contribution < -0.4 is 0 Å². The van der Waals surface area contributed by atoms with Crippen LogP contribution in [0.2, 0.25) is 0 Å². The van der Waals surface area contributed by atoms with Crippen molar-refractivity contribution >= 4 is 12.1 Å². The summed E-state index contributed by atoms with van der Waals surface area (Å²) in [5.41, 5.74) is -0.548. The van der Waals surface area contributed by atoms with Crippen molar-refractivity contribution in [3.05, 3.63) is 0 Å². The molecule has 2 rings (SSSR count). The Hall–Kier alpha value is -1.26. The van der Waals surface area contributed by atoms with Crippen molar-refractivity contribution in [2.75, 3.05) is 13.2 Å². The highest BCUT2D eigenvalue weighted by Crippen LogP contribution is 2.43. The van der Waals surface area contributed by atoms with Gasteiger partial charge in [0.25, 0.3) is 0 Å². The molecule has 5 nitrogen and oxygen atoms in total. The molecule has 0 aromatic heterocycles. The van der Waals surface area contributed by atoms with Gasteiger partial charge in [0.2, 0.25) is 0 Å². The topological polar surface area (TPSA) is 55.8 Å². The van der Waals surface area contributed by atoms with Gasteiger partial charge in [0.1, 0.15) is 11.6 Å². The third kappa shape index (κ3) is 3.07. The lowest BCUT2D eigenvalue weighted by molar-refractivity contribution is -0.149. The van der Waals surface area contributed by atoms with E-state index in [0.29, 0.717) is 19.1 Å². The number of likely N-dealkylation sites (tertiary alicyclic amines) is 1. The molecule has 2 aliphatic rings. The van der Waals surface area contributed by atoms with Gasteiger partial charge in [-0.3, -0.25) is 4.90 Å². The summed E-state index contributed by atoms with van der Waals surface area (Å²) >= 11 is 0. The lowest BCUT2D eigenvalue weighted by atomic mass is 9.94. The van der Waals surface area contributed by atoms with Crippen LogP contribution in [0.25, 0.3) is 0 Å². The lowest BCUT2D eigenvalue weighted by Crippen LogP contribution is -2.46. The Kier molecular flexibility index (Phi) is 4.25. The van der Waals surface area contributed by atoms with Crippen molar-refractivity contribution in [2.24, 2.45) is 11.8 Å². The third-order valence-electron chi connectivity index (χ3n) is 4.05. The van der Waals surface area contributed by atoms with Gasteiger partial charge in [0, 0.05) is 6.54 Å². The smallest absolute Gasteiger partial charge is 0.411 e. The monoisotopic (exact) mass is 283 g/mol. The van der Waals surface area contributed by atoms with E-state index in [1.165, 1.54) is 0 Å². The second kappa shape index (κ2) is 5.62. The summed E-state index contributed by atoms with van der Waals surface area (Å²) in [5.74, 6) is 0.367. The molecular formula is C15H25NO4. The molecule has 1 saturated carbocycles. The van der Waals surface area contributed by atoms with Gasteiger partial charge in [-0.1, -0.05) is 6.42 Å². The summed E-state index contributed by atoms with van der Waals surface area (Å²) in [6.07, 6.45) is 2.81. The number of fused-ring (bicyclic) bond motifs is 1. The average Bonchev–Trinajstić information content (AvgIpc) is 2.85. The number of ether oxygens (including phenoxy) is 2. The molecule has 2 fully saturated rings. The molecule has 1 amide bonds. The van der Waals surface area contributed by atoms with E-state index in [1.54, 1.807) is 11.8 Å². The maximum atomic E-state index is 12.3. The van der Waals surface area contributed by atoms with Crippen LogP contribution in [0.1, 0.15) is 47.0 Å². The molecule has 0 aromatic rings. The van der Waals surface area contributed by atoms with E-state index in [-0.39, 0.29) is 11.9 Å². The second-order valence-corrected chi connectivity index (χ2v) is 6.68. The Morgan fingerprint density at radius 1 is 1.25 bits per heavy atom. The average molecular weight is 283 g/mol. The van der Waals surface area contributed by atoms with Crippen molar-refractivity contribution in [1.29, 1.82) is 0 Å². The molecule has 1 saturated heterocycles. The van der Waals surface area contributed by atoms with Crippen molar-refractivity contribution in [3.8, 4) is 0 Å². The molecule has 0 radical (unpaired) electrons. The van der Waals surface area contributed by atoms with E-state index in [2.05, 4.69) is 0 Å². The molecule has 1 aliphatic heterocycles. The first-order valence-electron chi connectivity index (χ1n) is 7.49. The molecule has 0 N–H and O–H groups in total. The number of rotatable bonds is 2. The number of esters is 1. The molecule has 20 heavy (non-hydrogen) atoms. The van der Waals surface area contributed by atoms with E-state index >= 15 is 0 Å². The van der Waals surface area contributed by atoms with Crippen LogP contribution in [0.15, 0.2) is 0 Å². The largest absolute Gasteiger partial charge is 0.464 e. The van der Waals surface area contributed by atoms with Crippen molar-refractivity contribution in [1.82, 2.24) is 4.90 Å². The highest BCUT2D eigenvalue weighted by atomic mass is 16.6. The number of hydrogen-bond acceptors (Lipinski definition) is 4. The van der Waals surface area contributed by atoms with Crippen LogP contribution in [0, 0.1) is 11.8 Å². The van der Waals surface area contributed by atoms with E-state index in [4.69, 9.17) is 9.47 Å². The van der Waals surface area contributed by atoms with Crippen LogP contribution in [-0.2, 0) is 14.3 Å². The van der Waals surface area contributed by atoms with E-state index in [1.807, 2.05) is 20.8 Å². The fourth-order valence-electron chi connectivity index (χ4n) is 3.34. The van der Waals surface area contributed by atoms with Crippen LogP contribution in [0.4, 0.5) is 4.79 Å². The van der Waals surface area contributed by atoms with Gasteiger partial charge in [-0.25, -0.2) is 9.59 Å². The Morgan fingerprint density at radius 2 is 1.95 bits per heavy atom. The molecule has 114 valence electrons. The number of nitrogens with zero attached hydrogens (tertiary/aromatic N) is 1. The Balaban J connectivity index is 2.13. The summed E-state index contributed by atoms with van der Waals surface area (Å²) in [4.78, 5) is 26.1. The standard InChI is InChI=1S/C15H25NO4/c1-5-19-13(17)12-11-8-6-7-10(11)9-16(12)14(18)20-15(2,3)4/h10-12H,5-9H2,1-4H3. The molecule has 3 unspecified atom stereocenters. The minimum atomic E-state index is -0.548. The van der Waals surface area contributed by atoms with Crippen LogP contribution in [-0.4, -0.2) is 41.8 Å². The van der Waals surface area contributed by atoms with Crippen LogP contribution in [0.3, 0.4) is 0 Å². The first-order chi connectivity index (χ1) is 9.33.